The Bertz CT molecular complexity index is 4030. The zero-order chi connectivity index (χ0) is 48.3. The highest BCUT2D eigenvalue weighted by Crippen LogP contribution is 2.43. The van der Waals surface area contributed by atoms with E-state index in [0.717, 1.165) is 47.7 Å². The molecule has 0 amide bonds. The summed E-state index contributed by atoms with van der Waals surface area (Å²) in [5.41, 5.74) is 7.42. The van der Waals surface area contributed by atoms with Gasteiger partial charge in [-0.3, -0.25) is 0 Å². The second-order valence-electron chi connectivity index (χ2n) is 17.0. The molecule has 2 nitrogen and oxygen atoms in total. The normalized spacial score (nSPS) is 11.9. The van der Waals surface area contributed by atoms with Crippen molar-refractivity contribution >= 4 is 301 Å². The lowest BCUT2D eigenvalue weighted by molar-refractivity contribution is 1.17. The molecule has 11 aromatic rings. The highest BCUT2D eigenvalue weighted by molar-refractivity contribution is 7.26. The van der Waals surface area contributed by atoms with E-state index in [0.29, 0.717) is 38.6 Å². The van der Waals surface area contributed by atoms with Crippen LogP contribution < -0.4 is 92.9 Å². The Labute approximate surface area is 420 Å². The van der Waals surface area contributed by atoms with Crippen LogP contribution in [0.1, 0.15) is 0 Å². The summed E-state index contributed by atoms with van der Waals surface area (Å²) in [5.74, 6) is 0. The highest BCUT2D eigenvalue weighted by atomic mass is 32.1. The number of thiophene rings is 1. The maximum absolute atomic E-state index is 7.05. The van der Waals surface area contributed by atoms with E-state index >= 15 is 0 Å². The first-order valence-corrected chi connectivity index (χ1v) is 21.8. The summed E-state index contributed by atoms with van der Waals surface area (Å²) in [6, 6.07) is 26.4. The molecule has 0 aliphatic heterocycles. The fourth-order valence-corrected chi connectivity index (χ4v) is 11.1. The fraction of sp³-hybridized carbons (Fsp3) is 0. The van der Waals surface area contributed by atoms with Gasteiger partial charge in [0.15, 0.2) is 0 Å². The first-order chi connectivity index (χ1) is 32.4. The van der Waals surface area contributed by atoms with Crippen molar-refractivity contribution in [2.24, 2.45) is 0 Å². The van der Waals surface area contributed by atoms with E-state index in [-0.39, 0.29) is 104 Å². The van der Waals surface area contributed by atoms with Gasteiger partial charge in [0.05, 0.1) is 16.7 Å². The SMILES string of the molecule is [B]c1c([B])c([B])c(-c2c([B])c([B])c([B])c(-c3ccc4sc5cccc(-n6c7ccccc7c7ccc(-n8c9c([B])c([B])c([B])c([B])c9c9c([B])c([B])c([B])c([B])c98)cc76)c5c4c3)c2[B])c([B])c1[B]. The molecule has 0 unspecified atom stereocenters. The Hall–Kier alpha value is -5.32. The van der Waals surface area contributed by atoms with Crippen molar-refractivity contribution in [1.82, 2.24) is 9.13 Å². The number of hydrogen-bond acceptors (Lipinski definition) is 1. The monoisotopic (exact) mass is 836 g/mol. The van der Waals surface area contributed by atoms with Crippen LogP contribution in [-0.2, 0) is 0 Å². The Kier molecular flexibility index (Phi) is 10.5. The number of benzene rings is 8. The first-order valence-electron chi connectivity index (χ1n) is 21.0. The number of aromatic nitrogens is 2. The van der Waals surface area contributed by atoms with Crippen LogP contribution in [0.25, 0.3) is 97.4 Å². The maximum atomic E-state index is 7.05. The third-order valence-corrected chi connectivity index (χ3v) is 14.6. The molecule has 0 N–H and O–H groups in total. The van der Waals surface area contributed by atoms with Crippen LogP contribution in [0.3, 0.4) is 0 Å². The number of para-hydroxylation sites is 1. The van der Waals surface area contributed by atoms with Gasteiger partial charge in [-0.2, -0.15) is 0 Å². The molecule has 272 valence electrons. The van der Waals surface area contributed by atoms with E-state index < -0.39 is 0 Å². The minimum Gasteiger partial charge on any atom is -0.310 e. The molecule has 0 saturated carbocycles. The Morgan fingerprint density at radius 3 is 1.43 bits per heavy atom. The van der Waals surface area contributed by atoms with Crippen molar-refractivity contribution in [3.05, 3.63) is 78.9 Å². The molecule has 68 heavy (non-hydrogen) atoms. The van der Waals surface area contributed by atoms with E-state index in [1.54, 1.807) is 11.3 Å². The van der Waals surface area contributed by atoms with Gasteiger partial charge in [-0.05, 0) is 75.5 Å². The molecule has 20 heteroatoms. The molecule has 8 aromatic carbocycles. The minimum absolute atomic E-state index is 0.0285. The summed E-state index contributed by atoms with van der Waals surface area (Å²) in [5, 5.41) is 4.71. The second-order valence-corrected chi connectivity index (χ2v) is 18.0. The summed E-state index contributed by atoms with van der Waals surface area (Å²) in [6.07, 6.45) is 0. The van der Waals surface area contributed by atoms with Crippen LogP contribution in [0.4, 0.5) is 0 Å². The van der Waals surface area contributed by atoms with Crippen molar-refractivity contribution in [3.8, 4) is 33.6 Å². The Morgan fingerprint density at radius 2 is 0.809 bits per heavy atom. The fourth-order valence-electron chi connectivity index (χ4n) is 10.0. The van der Waals surface area contributed by atoms with Crippen LogP contribution in [0.15, 0.2) is 78.9 Å². The van der Waals surface area contributed by atoms with Gasteiger partial charge in [0, 0.05) is 47.7 Å². The summed E-state index contributed by atoms with van der Waals surface area (Å²) < 4.78 is 6.09. The van der Waals surface area contributed by atoms with Crippen molar-refractivity contribution in [2.45, 2.75) is 0 Å². The van der Waals surface area contributed by atoms with Gasteiger partial charge in [-0.1, -0.05) is 85.6 Å². The van der Waals surface area contributed by atoms with E-state index in [9.17, 15) is 0 Å². The van der Waals surface area contributed by atoms with Crippen LogP contribution in [0.2, 0.25) is 0 Å². The standard InChI is InChI=1S/C48H13B17N2S/c49-30-24(31(50)37(56)32(51)26(30)27-33(52)38(57)42(61)39(58)34(27)53)14-8-11-22-18(12-14)25-20(6-3-7-23(25)68-22)67-19-5-2-1-4-16(19)17-10-9-15(13-21(17)67)66-47-28(35(54)40(59)43(62)45(47)64)29-36(55)41(60)44(63)46(65)48(29)66/h1-13H. The molecule has 34 radical (unpaired) electrons. The molecule has 0 bridgehead atoms. The third-order valence-electron chi connectivity index (χ3n) is 13.5. The molecule has 3 aromatic heterocycles. The summed E-state index contributed by atoms with van der Waals surface area (Å²) in [6.45, 7) is 0. The Morgan fingerprint density at radius 1 is 0.309 bits per heavy atom. The molecule has 0 atom stereocenters. The van der Waals surface area contributed by atoms with E-state index in [1.807, 2.05) is 59.2 Å². The number of fused-ring (bicyclic) bond motifs is 9. The average molecular weight is 834 g/mol. The van der Waals surface area contributed by atoms with E-state index in [4.69, 9.17) is 133 Å². The van der Waals surface area contributed by atoms with Gasteiger partial charge < -0.3 is 9.13 Å². The van der Waals surface area contributed by atoms with Crippen molar-refractivity contribution in [1.29, 1.82) is 0 Å². The average Bonchev–Trinajstić information content (AvgIpc) is 4.01. The van der Waals surface area contributed by atoms with Gasteiger partial charge in [0.25, 0.3) is 0 Å². The van der Waals surface area contributed by atoms with Crippen molar-refractivity contribution < 1.29 is 0 Å². The largest absolute Gasteiger partial charge is 0.310 e. The van der Waals surface area contributed by atoms with Gasteiger partial charge in [-0.25, -0.2) is 0 Å². The molecule has 3 heterocycles. The molecule has 0 fully saturated rings. The molecule has 11 rings (SSSR count). The van der Waals surface area contributed by atoms with E-state index in [2.05, 4.69) is 28.8 Å². The summed E-state index contributed by atoms with van der Waals surface area (Å²) >= 11 is 1.63. The molecule has 0 aliphatic rings. The van der Waals surface area contributed by atoms with Gasteiger partial charge in [0.2, 0.25) is 0 Å². The molecular weight excluding hydrogens is 820 g/mol. The lowest BCUT2D eigenvalue weighted by Gasteiger charge is -2.28. The second kappa shape index (κ2) is 15.9. The van der Waals surface area contributed by atoms with Gasteiger partial charge >= 0.3 is 0 Å². The van der Waals surface area contributed by atoms with Crippen LogP contribution >= 0.6 is 11.3 Å². The predicted molar refractivity (Wildman–Crippen MR) is 310 cm³/mol. The number of hydrogen-bond donors (Lipinski definition) is 0. The van der Waals surface area contributed by atoms with Crippen molar-refractivity contribution in [2.75, 3.05) is 0 Å². The first kappa shape index (κ1) is 45.1. The van der Waals surface area contributed by atoms with Gasteiger partial charge in [0.1, 0.15) is 133 Å². The quantitative estimate of drug-likeness (QED) is 0.157. The third kappa shape index (κ3) is 6.01. The van der Waals surface area contributed by atoms with Crippen LogP contribution in [0, 0.1) is 0 Å². The topological polar surface area (TPSA) is 9.86 Å². The lowest BCUT2D eigenvalue weighted by Crippen LogP contribution is -2.57. The van der Waals surface area contributed by atoms with Crippen molar-refractivity contribution in [3.63, 3.8) is 0 Å². The number of nitrogens with zero attached hydrogens (tertiary/aromatic N) is 2. The molecule has 0 aliphatic carbocycles. The minimum atomic E-state index is 0.0285. The van der Waals surface area contributed by atoms with Crippen LogP contribution in [0.5, 0.6) is 0 Å². The maximum Gasteiger partial charge on any atom is 0.115 e. The zero-order valence-corrected chi connectivity index (χ0v) is 36.9. The van der Waals surface area contributed by atoms with E-state index in [1.165, 1.54) is 0 Å². The lowest BCUT2D eigenvalue weighted by atomic mass is 9.56. The smallest absolute Gasteiger partial charge is 0.115 e. The predicted octanol–water partition coefficient (Wildman–Crippen LogP) is -6.92. The van der Waals surface area contributed by atoms with Crippen LogP contribution in [-0.4, -0.2) is 143 Å². The summed E-state index contributed by atoms with van der Waals surface area (Å²) in [7, 11) is 112. The Balaban J connectivity index is 1.21. The number of rotatable bonds is 4. The molecule has 0 spiro atoms. The molecule has 0 saturated heterocycles. The zero-order valence-electron chi connectivity index (χ0n) is 36.1. The van der Waals surface area contributed by atoms with Gasteiger partial charge in [-0.15, -0.1) is 55.0 Å². The molecular formula is C48H13B17N2S. The highest BCUT2D eigenvalue weighted by Gasteiger charge is 2.26. The summed E-state index contributed by atoms with van der Waals surface area (Å²) in [4.78, 5) is 0.